The van der Waals surface area contributed by atoms with Crippen molar-refractivity contribution in [3.8, 4) is 0 Å². The zero-order chi connectivity index (χ0) is 10.4. The van der Waals surface area contributed by atoms with Crippen LogP contribution in [0.25, 0.3) is 0 Å². The van der Waals surface area contributed by atoms with Crippen LogP contribution in [0.1, 0.15) is 52.4 Å². The monoisotopic (exact) mass is 199 g/mol. The minimum absolute atomic E-state index is 0.166. The van der Waals surface area contributed by atoms with E-state index in [1.165, 1.54) is 32.1 Å². The van der Waals surface area contributed by atoms with Gasteiger partial charge in [0.05, 0.1) is 6.10 Å². The van der Waals surface area contributed by atoms with Gasteiger partial charge < -0.3 is 10.4 Å². The number of rotatable bonds is 6. The topological polar surface area (TPSA) is 32.3 Å². The van der Waals surface area contributed by atoms with Crippen LogP contribution in [0.15, 0.2) is 0 Å². The first-order valence-electron chi connectivity index (χ1n) is 6.10. The molecule has 0 spiro atoms. The quantitative estimate of drug-likeness (QED) is 0.688. The van der Waals surface area contributed by atoms with Crippen molar-refractivity contribution in [3.63, 3.8) is 0 Å². The van der Waals surface area contributed by atoms with Crippen LogP contribution >= 0.6 is 0 Å². The maximum absolute atomic E-state index is 9.11. The van der Waals surface area contributed by atoms with Crippen LogP contribution in [0, 0.1) is 5.92 Å². The Labute approximate surface area is 88.1 Å². The van der Waals surface area contributed by atoms with Crippen molar-refractivity contribution in [3.05, 3.63) is 0 Å². The molecule has 1 saturated carbocycles. The smallest absolute Gasteiger partial charge is 0.0524 e. The molecule has 0 aliphatic heterocycles. The summed E-state index contributed by atoms with van der Waals surface area (Å²) in [6, 6.07) is 0.622. The van der Waals surface area contributed by atoms with Crippen LogP contribution in [0.5, 0.6) is 0 Å². The maximum atomic E-state index is 9.11. The lowest BCUT2D eigenvalue weighted by molar-refractivity contribution is 0.182. The number of aliphatic hydroxyl groups excluding tert-OH is 1. The van der Waals surface area contributed by atoms with Crippen molar-refractivity contribution in [1.82, 2.24) is 5.32 Å². The van der Waals surface area contributed by atoms with Crippen molar-refractivity contribution in [2.75, 3.05) is 6.54 Å². The van der Waals surface area contributed by atoms with Gasteiger partial charge in [0, 0.05) is 6.04 Å². The molecule has 1 aliphatic rings. The lowest BCUT2D eigenvalue weighted by Crippen LogP contribution is -2.30. The molecule has 2 N–H and O–H groups in total. The molecule has 2 heteroatoms. The summed E-state index contributed by atoms with van der Waals surface area (Å²) in [5.74, 6) is 0.962. The number of hydrogen-bond donors (Lipinski definition) is 2. The third kappa shape index (κ3) is 4.97. The first-order chi connectivity index (χ1) is 6.68. The standard InChI is InChI=1S/C12H25NO/c1-10(13-8-7-11(2)14)9-12-5-3-4-6-12/h10-14H,3-9H2,1-2H3. The predicted octanol–water partition coefficient (Wildman–Crippen LogP) is 2.32. The first-order valence-corrected chi connectivity index (χ1v) is 6.10. The molecule has 14 heavy (non-hydrogen) atoms. The zero-order valence-electron chi connectivity index (χ0n) is 9.63. The molecule has 0 aromatic rings. The second-order valence-electron chi connectivity index (χ2n) is 4.88. The van der Waals surface area contributed by atoms with Crippen molar-refractivity contribution in [1.29, 1.82) is 0 Å². The van der Waals surface area contributed by atoms with Crippen molar-refractivity contribution in [2.45, 2.75) is 64.5 Å². The fourth-order valence-corrected chi connectivity index (χ4v) is 2.37. The second kappa shape index (κ2) is 6.41. The highest BCUT2D eigenvalue weighted by Gasteiger charge is 2.17. The lowest BCUT2D eigenvalue weighted by atomic mass is 9.99. The van der Waals surface area contributed by atoms with E-state index in [4.69, 9.17) is 5.11 Å². The van der Waals surface area contributed by atoms with E-state index in [-0.39, 0.29) is 6.10 Å². The summed E-state index contributed by atoms with van der Waals surface area (Å²) in [5, 5.41) is 12.6. The second-order valence-corrected chi connectivity index (χ2v) is 4.88. The Kier molecular flexibility index (Phi) is 5.49. The summed E-state index contributed by atoms with van der Waals surface area (Å²) < 4.78 is 0. The van der Waals surface area contributed by atoms with Crippen LogP contribution in [0.4, 0.5) is 0 Å². The van der Waals surface area contributed by atoms with Gasteiger partial charge in [-0.1, -0.05) is 25.7 Å². The van der Waals surface area contributed by atoms with Crippen LogP contribution < -0.4 is 5.32 Å². The number of aliphatic hydroxyl groups is 1. The highest BCUT2D eigenvalue weighted by atomic mass is 16.3. The van der Waals surface area contributed by atoms with E-state index < -0.39 is 0 Å². The molecule has 1 aliphatic carbocycles. The van der Waals surface area contributed by atoms with Gasteiger partial charge in [-0.3, -0.25) is 0 Å². The molecular formula is C12H25NO. The van der Waals surface area contributed by atoms with Gasteiger partial charge in [0.1, 0.15) is 0 Å². The van der Waals surface area contributed by atoms with Crippen molar-refractivity contribution in [2.24, 2.45) is 5.92 Å². The van der Waals surface area contributed by atoms with Crippen molar-refractivity contribution < 1.29 is 5.11 Å². The molecular weight excluding hydrogens is 174 g/mol. The van der Waals surface area contributed by atoms with Gasteiger partial charge in [-0.2, -0.15) is 0 Å². The molecule has 0 heterocycles. The molecule has 0 aromatic heterocycles. The Hall–Kier alpha value is -0.0800. The Morgan fingerprint density at radius 1 is 1.29 bits per heavy atom. The Balaban J connectivity index is 2.00. The Bertz CT molecular complexity index is 141. The molecule has 0 aromatic carbocycles. The van der Waals surface area contributed by atoms with Crippen LogP contribution in [-0.4, -0.2) is 23.8 Å². The highest BCUT2D eigenvalue weighted by Crippen LogP contribution is 2.28. The van der Waals surface area contributed by atoms with Gasteiger partial charge in [-0.05, 0) is 39.2 Å². The molecule has 0 amide bonds. The van der Waals surface area contributed by atoms with Gasteiger partial charge >= 0.3 is 0 Å². The fraction of sp³-hybridized carbons (Fsp3) is 1.00. The zero-order valence-corrected chi connectivity index (χ0v) is 9.63. The van der Waals surface area contributed by atoms with Crippen molar-refractivity contribution >= 4 is 0 Å². The third-order valence-corrected chi connectivity index (χ3v) is 3.22. The van der Waals surface area contributed by atoms with Crippen LogP contribution in [0.3, 0.4) is 0 Å². The van der Waals surface area contributed by atoms with Gasteiger partial charge in [-0.15, -0.1) is 0 Å². The maximum Gasteiger partial charge on any atom is 0.0524 e. The van der Waals surface area contributed by atoms with E-state index in [2.05, 4.69) is 12.2 Å². The minimum atomic E-state index is -0.166. The predicted molar refractivity (Wildman–Crippen MR) is 60.3 cm³/mol. The average Bonchev–Trinajstić information content (AvgIpc) is 2.56. The minimum Gasteiger partial charge on any atom is -0.393 e. The summed E-state index contributed by atoms with van der Waals surface area (Å²) in [5.41, 5.74) is 0. The lowest BCUT2D eigenvalue weighted by Gasteiger charge is -2.18. The first kappa shape index (κ1) is 12.0. The fourth-order valence-electron chi connectivity index (χ4n) is 2.37. The highest BCUT2D eigenvalue weighted by molar-refractivity contribution is 4.73. The van der Waals surface area contributed by atoms with Gasteiger partial charge in [0.15, 0.2) is 0 Å². The summed E-state index contributed by atoms with van der Waals surface area (Å²) in [6.07, 6.45) is 7.76. The summed E-state index contributed by atoms with van der Waals surface area (Å²) in [4.78, 5) is 0. The van der Waals surface area contributed by atoms with Crippen LogP contribution in [0.2, 0.25) is 0 Å². The van der Waals surface area contributed by atoms with E-state index in [9.17, 15) is 0 Å². The van der Waals surface area contributed by atoms with E-state index in [0.29, 0.717) is 6.04 Å². The number of nitrogens with one attached hydrogen (secondary N) is 1. The Morgan fingerprint density at radius 3 is 2.50 bits per heavy atom. The average molecular weight is 199 g/mol. The molecule has 2 nitrogen and oxygen atoms in total. The number of hydrogen-bond acceptors (Lipinski definition) is 2. The molecule has 0 bridgehead atoms. The SMILES string of the molecule is CC(O)CCNC(C)CC1CCCC1. The Morgan fingerprint density at radius 2 is 1.93 bits per heavy atom. The summed E-state index contributed by atoms with van der Waals surface area (Å²) in [7, 11) is 0. The molecule has 2 atom stereocenters. The summed E-state index contributed by atoms with van der Waals surface area (Å²) >= 11 is 0. The van der Waals surface area contributed by atoms with E-state index in [1.54, 1.807) is 0 Å². The molecule has 84 valence electrons. The van der Waals surface area contributed by atoms with E-state index in [0.717, 1.165) is 18.9 Å². The van der Waals surface area contributed by atoms with Gasteiger partial charge in [0.2, 0.25) is 0 Å². The normalized spacial score (nSPS) is 22.5. The largest absolute Gasteiger partial charge is 0.393 e. The van der Waals surface area contributed by atoms with Gasteiger partial charge in [-0.25, -0.2) is 0 Å². The molecule has 1 rings (SSSR count). The third-order valence-electron chi connectivity index (χ3n) is 3.22. The summed E-state index contributed by atoms with van der Waals surface area (Å²) in [6.45, 7) is 5.06. The molecule has 2 unspecified atom stereocenters. The molecule has 0 radical (unpaired) electrons. The van der Waals surface area contributed by atoms with E-state index in [1.807, 2.05) is 6.92 Å². The van der Waals surface area contributed by atoms with E-state index >= 15 is 0 Å². The van der Waals surface area contributed by atoms with Crippen LogP contribution in [-0.2, 0) is 0 Å². The molecule has 0 saturated heterocycles. The van der Waals surface area contributed by atoms with Gasteiger partial charge in [0.25, 0.3) is 0 Å². The molecule has 1 fully saturated rings.